The number of para-hydroxylation sites is 1. The molecular weight excluding hydrogens is 212 g/mol. The Morgan fingerprint density at radius 1 is 1.24 bits per heavy atom. The van der Waals surface area contributed by atoms with Crippen LogP contribution in [-0.2, 0) is 6.54 Å². The van der Waals surface area contributed by atoms with Crippen LogP contribution in [0.15, 0.2) is 30.6 Å². The van der Waals surface area contributed by atoms with Gasteiger partial charge in [0.05, 0.1) is 12.0 Å². The fraction of sp³-hybridized carbons (Fsp3) is 0.308. The van der Waals surface area contributed by atoms with E-state index in [2.05, 4.69) is 23.4 Å². The minimum Gasteiger partial charge on any atom is -0.398 e. The monoisotopic (exact) mass is 230 g/mol. The molecule has 0 amide bonds. The number of aromatic nitrogens is 2. The molecule has 1 heterocycles. The number of benzene rings is 1. The SMILES string of the molecule is CC(C)Cn1cnc(N)c1-c1ccccc1N. The van der Waals surface area contributed by atoms with Crippen molar-refractivity contribution >= 4 is 11.5 Å². The smallest absolute Gasteiger partial charge is 0.149 e. The Morgan fingerprint density at radius 2 is 1.94 bits per heavy atom. The van der Waals surface area contributed by atoms with Gasteiger partial charge in [-0.05, 0) is 12.0 Å². The predicted molar refractivity (Wildman–Crippen MR) is 71.3 cm³/mol. The Morgan fingerprint density at radius 3 is 2.59 bits per heavy atom. The van der Waals surface area contributed by atoms with Gasteiger partial charge in [-0.2, -0.15) is 0 Å². The van der Waals surface area contributed by atoms with Gasteiger partial charge in [0.1, 0.15) is 5.82 Å². The average Bonchev–Trinajstić information content (AvgIpc) is 2.60. The van der Waals surface area contributed by atoms with Crippen molar-refractivity contribution in [2.75, 3.05) is 11.5 Å². The van der Waals surface area contributed by atoms with E-state index in [0.29, 0.717) is 11.7 Å². The van der Waals surface area contributed by atoms with Gasteiger partial charge in [-0.3, -0.25) is 0 Å². The van der Waals surface area contributed by atoms with Gasteiger partial charge in [0.25, 0.3) is 0 Å². The van der Waals surface area contributed by atoms with Crippen LogP contribution in [0.5, 0.6) is 0 Å². The van der Waals surface area contributed by atoms with Crippen LogP contribution in [0.3, 0.4) is 0 Å². The van der Waals surface area contributed by atoms with Crippen molar-refractivity contribution < 1.29 is 0 Å². The van der Waals surface area contributed by atoms with Gasteiger partial charge >= 0.3 is 0 Å². The Labute approximate surface area is 101 Å². The van der Waals surface area contributed by atoms with Crippen LogP contribution >= 0.6 is 0 Å². The first-order valence-electron chi connectivity index (χ1n) is 5.75. The molecule has 4 heteroatoms. The number of anilines is 2. The summed E-state index contributed by atoms with van der Waals surface area (Å²) >= 11 is 0. The molecule has 1 aromatic heterocycles. The summed E-state index contributed by atoms with van der Waals surface area (Å²) in [6.07, 6.45) is 1.77. The van der Waals surface area contributed by atoms with Crippen molar-refractivity contribution in [1.82, 2.24) is 9.55 Å². The summed E-state index contributed by atoms with van der Waals surface area (Å²) < 4.78 is 2.06. The lowest BCUT2D eigenvalue weighted by molar-refractivity contribution is 0.526. The highest BCUT2D eigenvalue weighted by atomic mass is 15.1. The van der Waals surface area contributed by atoms with Gasteiger partial charge in [0.15, 0.2) is 0 Å². The summed E-state index contributed by atoms with van der Waals surface area (Å²) in [5.41, 5.74) is 14.5. The molecule has 90 valence electrons. The minimum atomic E-state index is 0.531. The molecule has 0 unspecified atom stereocenters. The van der Waals surface area contributed by atoms with Crippen molar-refractivity contribution in [1.29, 1.82) is 0 Å². The van der Waals surface area contributed by atoms with Crippen LogP contribution in [0.25, 0.3) is 11.3 Å². The van der Waals surface area contributed by atoms with Gasteiger partial charge < -0.3 is 16.0 Å². The molecule has 0 atom stereocenters. The maximum atomic E-state index is 5.98. The second-order valence-electron chi connectivity index (χ2n) is 4.61. The number of hydrogen-bond donors (Lipinski definition) is 2. The third-order valence-corrected chi connectivity index (χ3v) is 2.64. The molecule has 1 aromatic carbocycles. The third kappa shape index (κ3) is 2.25. The van der Waals surface area contributed by atoms with Crippen LogP contribution in [0.1, 0.15) is 13.8 Å². The van der Waals surface area contributed by atoms with E-state index < -0.39 is 0 Å². The highest BCUT2D eigenvalue weighted by Crippen LogP contribution is 2.30. The van der Waals surface area contributed by atoms with E-state index in [-0.39, 0.29) is 0 Å². The summed E-state index contributed by atoms with van der Waals surface area (Å²) in [5.74, 6) is 1.07. The first kappa shape index (κ1) is 11.5. The Hall–Kier alpha value is -1.97. The molecule has 0 aliphatic rings. The zero-order chi connectivity index (χ0) is 12.4. The second kappa shape index (κ2) is 4.49. The van der Waals surface area contributed by atoms with Crippen molar-refractivity contribution in [2.45, 2.75) is 20.4 Å². The minimum absolute atomic E-state index is 0.531. The van der Waals surface area contributed by atoms with Crippen LogP contribution in [0.4, 0.5) is 11.5 Å². The molecule has 0 aliphatic carbocycles. The maximum absolute atomic E-state index is 5.98. The molecule has 4 nitrogen and oxygen atoms in total. The number of imidazole rings is 1. The van der Waals surface area contributed by atoms with Crippen LogP contribution < -0.4 is 11.5 Å². The summed E-state index contributed by atoms with van der Waals surface area (Å²) in [5, 5.41) is 0. The Bertz CT molecular complexity index is 514. The van der Waals surface area contributed by atoms with Gasteiger partial charge in [-0.25, -0.2) is 4.98 Å². The lowest BCUT2D eigenvalue weighted by Gasteiger charge is -2.12. The lowest BCUT2D eigenvalue weighted by Crippen LogP contribution is -2.06. The molecule has 0 spiro atoms. The van der Waals surface area contributed by atoms with E-state index in [1.54, 1.807) is 6.33 Å². The predicted octanol–water partition coefficient (Wildman–Crippen LogP) is 2.37. The van der Waals surface area contributed by atoms with E-state index in [9.17, 15) is 0 Å². The number of nitrogens with zero attached hydrogens (tertiary/aromatic N) is 2. The number of nitrogen functional groups attached to an aromatic ring is 2. The third-order valence-electron chi connectivity index (χ3n) is 2.64. The van der Waals surface area contributed by atoms with Crippen molar-refractivity contribution in [2.24, 2.45) is 5.92 Å². The first-order valence-corrected chi connectivity index (χ1v) is 5.75. The molecule has 4 N–H and O–H groups in total. The van der Waals surface area contributed by atoms with E-state index in [1.165, 1.54) is 0 Å². The topological polar surface area (TPSA) is 69.9 Å². The molecule has 0 saturated carbocycles. The molecule has 2 rings (SSSR count). The molecule has 17 heavy (non-hydrogen) atoms. The van der Waals surface area contributed by atoms with Gasteiger partial charge in [-0.1, -0.05) is 32.0 Å². The highest BCUT2D eigenvalue weighted by molar-refractivity contribution is 5.80. The fourth-order valence-electron chi connectivity index (χ4n) is 1.94. The normalized spacial score (nSPS) is 11.0. The van der Waals surface area contributed by atoms with Crippen LogP contribution in [-0.4, -0.2) is 9.55 Å². The van der Waals surface area contributed by atoms with Gasteiger partial charge in [0, 0.05) is 17.8 Å². The molecular formula is C13H18N4. The quantitative estimate of drug-likeness (QED) is 0.795. The zero-order valence-electron chi connectivity index (χ0n) is 10.2. The highest BCUT2D eigenvalue weighted by Gasteiger charge is 2.13. The maximum Gasteiger partial charge on any atom is 0.149 e. The largest absolute Gasteiger partial charge is 0.398 e. The number of nitrogens with two attached hydrogens (primary N) is 2. The van der Waals surface area contributed by atoms with Crippen LogP contribution in [0, 0.1) is 5.92 Å². The van der Waals surface area contributed by atoms with E-state index in [4.69, 9.17) is 11.5 Å². The Balaban J connectivity index is 2.51. The van der Waals surface area contributed by atoms with Crippen LogP contribution in [0.2, 0.25) is 0 Å². The molecule has 2 aromatic rings. The summed E-state index contributed by atoms with van der Waals surface area (Å²) in [4.78, 5) is 4.17. The summed E-state index contributed by atoms with van der Waals surface area (Å²) in [6.45, 7) is 5.20. The standard InChI is InChI=1S/C13H18N4/c1-9(2)7-17-8-16-13(15)12(17)10-5-3-4-6-11(10)14/h3-6,8-9H,7,14-15H2,1-2H3. The average molecular weight is 230 g/mol. The fourth-order valence-corrected chi connectivity index (χ4v) is 1.94. The van der Waals surface area contributed by atoms with Crippen molar-refractivity contribution in [3.8, 4) is 11.3 Å². The first-order chi connectivity index (χ1) is 8.09. The van der Waals surface area contributed by atoms with E-state index in [0.717, 1.165) is 23.5 Å². The van der Waals surface area contributed by atoms with E-state index in [1.807, 2.05) is 24.3 Å². The zero-order valence-corrected chi connectivity index (χ0v) is 10.2. The molecule has 0 fully saturated rings. The second-order valence-corrected chi connectivity index (χ2v) is 4.61. The summed E-state index contributed by atoms with van der Waals surface area (Å²) in [6, 6.07) is 7.72. The molecule has 0 radical (unpaired) electrons. The van der Waals surface area contributed by atoms with Gasteiger partial charge in [-0.15, -0.1) is 0 Å². The molecule has 0 bridgehead atoms. The van der Waals surface area contributed by atoms with Gasteiger partial charge in [0.2, 0.25) is 0 Å². The number of rotatable bonds is 3. The molecule has 0 saturated heterocycles. The Kier molecular flexibility index (Phi) is 3.04. The van der Waals surface area contributed by atoms with Crippen molar-refractivity contribution in [3.05, 3.63) is 30.6 Å². The summed E-state index contributed by atoms with van der Waals surface area (Å²) in [7, 11) is 0. The molecule has 0 aliphatic heterocycles. The lowest BCUT2D eigenvalue weighted by atomic mass is 10.1. The number of hydrogen-bond acceptors (Lipinski definition) is 3. The van der Waals surface area contributed by atoms with E-state index >= 15 is 0 Å². The van der Waals surface area contributed by atoms with Crippen molar-refractivity contribution in [3.63, 3.8) is 0 Å².